The fraction of sp³-hybridized carbons (Fsp3) is 0.471. The third-order valence-corrected chi connectivity index (χ3v) is 3.83. The zero-order chi connectivity index (χ0) is 14.4. The van der Waals surface area contributed by atoms with E-state index in [-0.39, 0.29) is 5.91 Å². The van der Waals surface area contributed by atoms with Gasteiger partial charge in [0.15, 0.2) is 0 Å². The van der Waals surface area contributed by atoms with Gasteiger partial charge >= 0.3 is 0 Å². The van der Waals surface area contributed by atoms with Crippen molar-refractivity contribution in [1.29, 1.82) is 0 Å². The number of benzene rings is 1. The van der Waals surface area contributed by atoms with Crippen LogP contribution in [0.2, 0.25) is 0 Å². The molecule has 0 unspecified atom stereocenters. The Morgan fingerprint density at radius 1 is 1.30 bits per heavy atom. The molecule has 0 bridgehead atoms. The minimum Gasteiger partial charge on any atom is -0.336 e. The molecule has 3 heteroatoms. The number of nitrogens with two attached hydrogens (primary N) is 1. The number of rotatable bonds is 3. The van der Waals surface area contributed by atoms with Crippen molar-refractivity contribution in [3.8, 4) is 11.8 Å². The first kappa shape index (κ1) is 14.6. The molecule has 1 aromatic carbocycles. The van der Waals surface area contributed by atoms with E-state index in [1.165, 1.54) is 12.8 Å². The number of hydrogen-bond donors (Lipinski definition) is 1. The van der Waals surface area contributed by atoms with E-state index in [0.717, 1.165) is 30.5 Å². The maximum atomic E-state index is 12.6. The second-order valence-electron chi connectivity index (χ2n) is 5.11. The average molecular weight is 270 g/mol. The van der Waals surface area contributed by atoms with E-state index in [1.807, 2.05) is 29.2 Å². The van der Waals surface area contributed by atoms with Gasteiger partial charge < -0.3 is 10.6 Å². The lowest BCUT2D eigenvalue weighted by Crippen LogP contribution is -2.38. The van der Waals surface area contributed by atoms with E-state index in [0.29, 0.717) is 12.6 Å². The van der Waals surface area contributed by atoms with E-state index >= 15 is 0 Å². The summed E-state index contributed by atoms with van der Waals surface area (Å²) in [6.45, 7) is 3.18. The molecule has 0 aromatic heterocycles. The molecule has 0 aliphatic heterocycles. The van der Waals surface area contributed by atoms with Crippen LogP contribution in [0.3, 0.4) is 0 Å². The van der Waals surface area contributed by atoms with Crippen LogP contribution >= 0.6 is 0 Å². The van der Waals surface area contributed by atoms with Crippen molar-refractivity contribution in [2.45, 2.75) is 38.6 Å². The molecule has 1 saturated carbocycles. The number of nitrogens with zero attached hydrogens (tertiary/aromatic N) is 1. The largest absolute Gasteiger partial charge is 0.336 e. The van der Waals surface area contributed by atoms with Crippen molar-refractivity contribution in [3.05, 3.63) is 35.4 Å². The van der Waals surface area contributed by atoms with Gasteiger partial charge in [-0.05, 0) is 44.0 Å². The Balaban J connectivity index is 2.11. The lowest BCUT2D eigenvalue weighted by molar-refractivity contribution is 0.0693. The van der Waals surface area contributed by atoms with Gasteiger partial charge in [-0.2, -0.15) is 0 Å². The fourth-order valence-electron chi connectivity index (χ4n) is 2.80. The second kappa shape index (κ2) is 7.12. The minimum absolute atomic E-state index is 0.137. The summed E-state index contributed by atoms with van der Waals surface area (Å²) in [6.07, 6.45) is 4.75. The summed E-state index contributed by atoms with van der Waals surface area (Å²) < 4.78 is 0. The van der Waals surface area contributed by atoms with Gasteiger partial charge in [0, 0.05) is 23.7 Å². The molecule has 0 heterocycles. The summed E-state index contributed by atoms with van der Waals surface area (Å²) in [7, 11) is 0. The maximum Gasteiger partial charge on any atom is 0.254 e. The lowest BCUT2D eigenvalue weighted by atomic mass is 10.1. The SMILES string of the molecule is CCN(C(=O)c1ccc(C#CCN)cc1)C1CCCC1. The lowest BCUT2D eigenvalue weighted by Gasteiger charge is -2.27. The van der Waals surface area contributed by atoms with Gasteiger partial charge in [-0.1, -0.05) is 24.7 Å². The maximum absolute atomic E-state index is 12.6. The molecular formula is C17H22N2O. The van der Waals surface area contributed by atoms with Crippen molar-refractivity contribution in [2.75, 3.05) is 13.1 Å². The molecule has 20 heavy (non-hydrogen) atoms. The van der Waals surface area contributed by atoms with Crippen LogP contribution in [-0.4, -0.2) is 29.9 Å². The number of carbonyl (C=O) groups excluding carboxylic acids is 1. The molecule has 1 aliphatic rings. The highest BCUT2D eigenvalue weighted by molar-refractivity contribution is 5.94. The van der Waals surface area contributed by atoms with Crippen molar-refractivity contribution < 1.29 is 4.79 Å². The van der Waals surface area contributed by atoms with E-state index in [4.69, 9.17) is 5.73 Å². The van der Waals surface area contributed by atoms with Gasteiger partial charge in [-0.15, -0.1) is 0 Å². The van der Waals surface area contributed by atoms with Crippen LogP contribution < -0.4 is 5.73 Å². The van der Waals surface area contributed by atoms with Gasteiger partial charge in [0.1, 0.15) is 0 Å². The van der Waals surface area contributed by atoms with E-state index in [9.17, 15) is 4.79 Å². The first-order chi connectivity index (χ1) is 9.76. The quantitative estimate of drug-likeness (QED) is 0.857. The van der Waals surface area contributed by atoms with Crippen LogP contribution in [0.1, 0.15) is 48.5 Å². The van der Waals surface area contributed by atoms with Crippen molar-refractivity contribution in [1.82, 2.24) is 4.90 Å². The monoisotopic (exact) mass is 270 g/mol. The summed E-state index contributed by atoms with van der Waals surface area (Å²) in [4.78, 5) is 14.6. The molecule has 0 atom stereocenters. The summed E-state index contributed by atoms with van der Waals surface area (Å²) in [5.41, 5.74) is 6.99. The topological polar surface area (TPSA) is 46.3 Å². The Labute approximate surface area is 121 Å². The van der Waals surface area contributed by atoms with Crippen LogP contribution in [0, 0.1) is 11.8 Å². The molecule has 0 saturated heterocycles. The highest BCUT2D eigenvalue weighted by Crippen LogP contribution is 2.24. The molecule has 0 spiro atoms. The van der Waals surface area contributed by atoms with Gasteiger partial charge in [-0.25, -0.2) is 0 Å². The van der Waals surface area contributed by atoms with Crippen LogP contribution in [-0.2, 0) is 0 Å². The van der Waals surface area contributed by atoms with Crippen LogP contribution in [0.4, 0.5) is 0 Å². The third-order valence-electron chi connectivity index (χ3n) is 3.83. The van der Waals surface area contributed by atoms with Gasteiger partial charge in [-0.3, -0.25) is 4.79 Å². The third kappa shape index (κ3) is 3.40. The van der Waals surface area contributed by atoms with Gasteiger partial charge in [0.05, 0.1) is 6.54 Å². The van der Waals surface area contributed by atoms with Crippen molar-refractivity contribution in [2.24, 2.45) is 5.73 Å². The summed E-state index contributed by atoms with van der Waals surface area (Å²) in [5.74, 6) is 5.92. The highest BCUT2D eigenvalue weighted by Gasteiger charge is 2.25. The van der Waals surface area contributed by atoms with E-state index in [2.05, 4.69) is 18.8 Å². The molecular weight excluding hydrogens is 248 g/mol. The van der Waals surface area contributed by atoms with Crippen molar-refractivity contribution in [3.63, 3.8) is 0 Å². The molecule has 1 aromatic rings. The Kier molecular flexibility index (Phi) is 5.20. The van der Waals surface area contributed by atoms with Crippen LogP contribution in [0.15, 0.2) is 24.3 Å². The molecule has 1 aliphatic carbocycles. The molecule has 3 nitrogen and oxygen atoms in total. The Hall–Kier alpha value is -1.79. The molecule has 1 amide bonds. The normalized spacial score (nSPS) is 14.7. The van der Waals surface area contributed by atoms with E-state index < -0.39 is 0 Å². The zero-order valence-corrected chi connectivity index (χ0v) is 12.1. The average Bonchev–Trinajstić information content (AvgIpc) is 3.00. The number of amides is 1. The first-order valence-corrected chi connectivity index (χ1v) is 7.36. The number of hydrogen-bond acceptors (Lipinski definition) is 2. The predicted octanol–water partition coefficient (Wildman–Crippen LogP) is 2.40. The summed E-state index contributed by atoms with van der Waals surface area (Å²) >= 11 is 0. The van der Waals surface area contributed by atoms with Gasteiger partial charge in [0.2, 0.25) is 0 Å². The standard InChI is InChI=1S/C17H22N2O/c1-2-19(16-7-3-4-8-16)17(20)15-11-9-14(10-12-15)6-5-13-18/h9-12,16H,2-4,7-8,13,18H2,1H3. The predicted molar refractivity (Wildman–Crippen MR) is 81.3 cm³/mol. The molecule has 2 N–H and O–H groups in total. The summed E-state index contributed by atoms with van der Waals surface area (Å²) in [6, 6.07) is 7.92. The smallest absolute Gasteiger partial charge is 0.254 e. The van der Waals surface area contributed by atoms with Gasteiger partial charge in [0.25, 0.3) is 5.91 Å². The Morgan fingerprint density at radius 2 is 1.95 bits per heavy atom. The minimum atomic E-state index is 0.137. The second-order valence-corrected chi connectivity index (χ2v) is 5.11. The van der Waals surface area contributed by atoms with Crippen molar-refractivity contribution >= 4 is 5.91 Å². The van der Waals surface area contributed by atoms with E-state index in [1.54, 1.807) is 0 Å². The first-order valence-electron chi connectivity index (χ1n) is 7.36. The Bertz CT molecular complexity index is 504. The van der Waals surface area contributed by atoms with Crippen LogP contribution in [0.25, 0.3) is 0 Å². The highest BCUT2D eigenvalue weighted by atomic mass is 16.2. The summed E-state index contributed by atoms with van der Waals surface area (Å²) in [5, 5.41) is 0. The fourth-order valence-corrected chi connectivity index (χ4v) is 2.80. The zero-order valence-electron chi connectivity index (χ0n) is 12.1. The molecule has 2 rings (SSSR count). The number of carbonyl (C=O) groups is 1. The van der Waals surface area contributed by atoms with Crippen LogP contribution in [0.5, 0.6) is 0 Å². The molecule has 0 radical (unpaired) electrons. The molecule has 1 fully saturated rings. The Morgan fingerprint density at radius 3 is 2.50 bits per heavy atom. The molecule has 106 valence electrons.